The number of nitrogens with zero attached hydrogens (tertiary/aromatic N) is 1. The molecule has 9 heteroatoms. The van der Waals surface area contributed by atoms with Crippen molar-refractivity contribution < 1.29 is 17.2 Å². The van der Waals surface area contributed by atoms with E-state index in [2.05, 4.69) is 25.6 Å². The Morgan fingerprint density at radius 1 is 1.40 bits per heavy atom. The standard InChI is InChI=1S/C11H9BrF2N2O2S2/c1-6-10(19-5-15-6)4-16-20(17,18)11-8(12)2-7(13)3-9(11)14/h2-3,5,16H,4H2,1H3. The van der Waals surface area contributed by atoms with Crippen molar-refractivity contribution in [3.8, 4) is 0 Å². The van der Waals surface area contributed by atoms with Gasteiger partial charge in [0.15, 0.2) is 0 Å². The van der Waals surface area contributed by atoms with Gasteiger partial charge in [-0.1, -0.05) is 0 Å². The SMILES string of the molecule is Cc1ncsc1CNS(=O)(=O)c1c(F)cc(F)cc1Br. The second-order valence-electron chi connectivity index (χ2n) is 3.88. The summed E-state index contributed by atoms with van der Waals surface area (Å²) in [5.74, 6) is -2.00. The lowest BCUT2D eigenvalue weighted by molar-refractivity contribution is 0.540. The van der Waals surface area contributed by atoms with Crippen molar-refractivity contribution >= 4 is 37.3 Å². The van der Waals surface area contributed by atoms with E-state index in [9.17, 15) is 17.2 Å². The van der Waals surface area contributed by atoms with Crippen LogP contribution >= 0.6 is 27.3 Å². The van der Waals surface area contributed by atoms with Crippen molar-refractivity contribution in [3.05, 3.63) is 44.3 Å². The van der Waals surface area contributed by atoms with E-state index in [4.69, 9.17) is 0 Å². The van der Waals surface area contributed by atoms with E-state index in [0.717, 1.165) is 10.9 Å². The lowest BCUT2D eigenvalue weighted by atomic mass is 10.3. The van der Waals surface area contributed by atoms with E-state index >= 15 is 0 Å². The Morgan fingerprint density at radius 3 is 2.65 bits per heavy atom. The van der Waals surface area contributed by atoms with Crippen LogP contribution in [-0.2, 0) is 16.6 Å². The van der Waals surface area contributed by atoms with Gasteiger partial charge in [-0.05, 0) is 28.9 Å². The molecule has 1 aromatic heterocycles. The molecule has 0 aliphatic carbocycles. The van der Waals surface area contributed by atoms with Gasteiger partial charge in [0, 0.05) is 22.0 Å². The van der Waals surface area contributed by atoms with E-state index in [0.29, 0.717) is 11.8 Å². The number of sulfonamides is 1. The molecule has 0 fully saturated rings. The Balaban J connectivity index is 2.30. The van der Waals surface area contributed by atoms with Gasteiger partial charge in [0.25, 0.3) is 0 Å². The summed E-state index contributed by atoms with van der Waals surface area (Å²) in [6, 6.07) is 1.42. The van der Waals surface area contributed by atoms with E-state index in [1.807, 2.05) is 0 Å². The zero-order valence-electron chi connectivity index (χ0n) is 10.2. The molecule has 1 heterocycles. The lowest BCUT2D eigenvalue weighted by Crippen LogP contribution is -2.24. The highest BCUT2D eigenvalue weighted by Gasteiger charge is 2.23. The molecule has 0 amide bonds. The van der Waals surface area contributed by atoms with Crippen LogP contribution in [0.5, 0.6) is 0 Å². The van der Waals surface area contributed by atoms with Crippen molar-refractivity contribution in [2.75, 3.05) is 0 Å². The zero-order valence-corrected chi connectivity index (χ0v) is 13.4. The van der Waals surface area contributed by atoms with Crippen LogP contribution in [-0.4, -0.2) is 13.4 Å². The minimum absolute atomic E-state index is 0.00207. The fourth-order valence-corrected chi connectivity index (χ4v) is 4.48. The maximum Gasteiger partial charge on any atom is 0.244 e. The van der Waals surface area contributed by atoms with Crippen molar-refractivity contribution in [1.29, 1.82) is 0 Å². The first kappa shape index (κ1) is 15.5. The molecule has 0 radical (unpaired) electrons. The fourth-order valence-electron chi connectivity index (χ4n) is 1.51. The van der Waals surface area contributed by atoms with E-state index in [1.165, 1.54) is 11.3 Å². The van der Waals surface area contributed by atoms with Gasteiger partial charge in [0.2, 0.25) is 10.0 Å². The maximum atomic E-state index is 13.7. The van der Waals surface area contributed by atoms with Gasteiger partial charge in [-0.25, -0.2) is 26.9 Å². The first-order valence-electron chi connectivity index (χ1n) is 5.34. The third-order valence-corrected chi connectivity index (χ3v) is 5.80. The molecular formula is C11H9BrF2N2O2S2. The molecule has 0 atom stereocenters. The topological polar surface area (TPSA) is 59.1 Å². The van der Waals surface area contributed by atoms with Crippen molar-refractivity contribution in [3.63, 3.8) is 0 Å². The molecule has 0 bridgehead atoms. The second-order valence-corrected chi connectivity index (χ2v) is 7.38. The number of nitrogens with one attached hydrogen (secondary N) is 1. The van der Waals surface area contributed by atoms with Crippen LogP contribution in [0, 0.1) is 18.6 Å². The zero-order chi connectivity index (χ0) is 14.9. The summed E-state index contributed by atoms with van der Waals surface area (Å²) in [4.78, 5) is 4.11. The third-order valence-electron chi connectivity index (χ3n) is 2.50. The number of aryl methyl sites for hydroxylation is 1. The molecule has 20 heavy (non-hydrogen) atoms. The Kier molecular flexibility index (Phi) is 4.52. The molecule has 2 rings (SSSR count). The van der Waals surface area contributed by atoms with Crippen LogP contribution in [0.25, 0.3) is 0 Å². The van der Waals surface area contributed by atoms with Gasteiger partial charge >= 0.3 is 0 Å². The average molecular weight is 383 g/mol. The average Bonchev–Trinajstić information content (AvgIpc) is 2.70. The Hall–Kier alpha value is -0.900. The molecule has 0 aliphatic rings. The number of thiazole rings is 1. The predicted octanol–water partition coefficient (Wildman–Crippen LogP) is 2.97. The summed E-state index contributed by atoms with van der Waals surface area (Å²) in [6.07, 6.45) is 0. The van der Waals surface area contributed by atoms with Gasteiger partial charge in [-0.3, -0.25) is 0 Å². The van der Waals surface area contributed by atoms with Crippen LogP contribution in [0.4, 0.5) is 8.78 Å². The Morgan fingerprint density at radius 2 is 2.10 bits per heavy atom. The highest BCUT2D eigenvalue weighted by molar-refractivity contribution is 9.10. The van der Waals surface area contributed by atoms with E-state index < -0.39 is 26.6 Å². The van der Waals surface area contributed by atoms with Gasteiger partial charge in [-0.15, -0.1) is 11.3 Å². The van der Waals surface area contributed by atoms with Gasteiger partial charge < -0.3 is 0 Å². The summed E-state index contributed by atoms with van der Waals surface area (Å²) in [6.45, 7) is 1.75. The van der Waals surface area contributed by atoms with Crippen LogP contribution < -0.4 is 4.72 Å². The largest absolute Gasteiger partial charge is 0.250 e. The molecule has 4 nitrogen and oxygen atoms in total. The van der Waals surface area contributed by atoms with Crippen molar-refractivity contribution in [1.82, 2.24) is 9.71 Å². The quantitative estimate of drug-likeness (QED) is 0.883. The second kappa shape index (κ2) is 5.84. The molecule has 0 saturated carbocycles. The number of halogens is 3. The first-order chi connectivity index (χ1) is 9.31. The number of rotatable bonds is 4. The molecule has 0 spiro atoms. The molecule has 2 aromatic rings. The number of benzene rings is 1. The highest BCUT2D eigenvalue weighted by Crippen LogP contribution is 2.26. The highest BCUT2D eigenvalue weighted by atomic mass is 79.9. The summed E-state index contributed by atoms with van der Waals surface area (Å²) in [7, 11) is -4.09. The van der Waals surface area contributed by atoms with Gasteiger partial charge in [0.05, 0.1) is 11.2 Å². The number of aromatic nitrogens is 1. The lowest BCUT2D eigenvalue weighted by Gasteiger charge is -2.09. The molecule has 0 aliphatic heterocycles. The van der Waals surface area contributed by atoms with Crippen LogP contribution in [0.2, 0.25) is 0 Å². The van der Waals surface area contributed by atoms with E-state index in [1.54, 1.807) is 12.4 Å². The van der Waals surface area contributed by atoms with Crippen LogP contribution in [0.15, 0.2) is 27.0 Å². The van der Waals surface area contributed by atoms with Crippen molar-refractivity contribution in [2.45, 2.75) is 18.4 Å². The smallest absolute Gasteiger partial charge is 0.244 e. The minimum Gasteiger partial charge on any atom is -0.250 e. The Bertz CT molecular complexity index is 724. The number of hydrogen-bond acceptors (Lipinski definition) is 4. The Labute approximate surface area is 127 Å². The summed E-state index contributed by atoms with van der Waals surface area (Å²) in [5, 5.41) is 0. The molecular weight excluding hydrogens is 374 g/mol. The molecule has 108 valence electrons. The predicted molar refractivity (Wildman–Crippen MR) is 74.9 cm³/mol. The molecule has 0 unspecified atom stereocenters. The number of hydrogen-bond donors (Lipinski definition) is 1. The van der Waals surface area contributed by atoms with Gasteiger partial charge in [-0.2, -0.15) is 0 Å². The fraction of sp³-hybridized carbons (Fsp3) is 0.182. The molecule has 0 saturated heterocycles. The first-order valence-corrected chi connectivity index (χ1v) is 8.50. The maximum absolute atomic E-state index is 13.7. The minimum atomic E-state index is -4.09. The summed E-state index contributed by atoms with van der Waals surface area (Å²) < 4.78 is 52.9. The normalized spacial score (nSPS) is 11.8. The summed E-state index contributed by atoms with van der Waals surface area (Å²) in [5.41, 5.74) is 2.30. The summed E-state index contributed by atoms with van der Waals surface area (Å²) >= 11 is 4.15. The van der Waals surface area contributed by atoms with E-state index in [-0.39, 0.29) is 11.0 Å². The molecule has 1 N–H and O–H groups in total. The molecule has 1 aromatic carbocycles. The van der Waals surface area contributed by atoms with Crippen molar-refractivity contribution in [2.24, 2.45) is 0 Å². The van der Waals surface area contributed by atoms with Crippen LogP contribution in [0.1, 0.15) is 10.6 Å². The third kappa shape index (κ3) is 3.22. The van der Waals surface area contributed by atoms with Crippen LogP contribution in [0.3, 0.4) is 0 Å². The monoisotopic (exact) mass is 382 g/mol. The van der Waals surface area contributed by atoms with Gasteiger partial charge in [0.1, 0.15) is 16.5 Å².